The molecule has 6 nitrogen and oxygen atoms in total. The molecule has 0 atom stereocenters. The van der Waals surface area contributed by atoms with Crippen molar-refractivity contribution in [3.63, 3.8) is 0 Å². The summed E-state index contributed by atoms with van der Waals surface area (Å²) in [5, 5.41) is 5.35. The number of morpholine rings is 1. The molecule has 0 aliphatic carbocycles. The van der Waals surface area contributed by atoms with Gasteiger partial charge in [-0.25, -0.2) is 18.2 Å². The van der Waals surface area contributed by atoms with Gasteiger partial charge in [0.05, 0.1) is 24.5 Å². The molecule has 1 amide bonds. The van der Waals surface area contributed by atoms with Gasteiger partial charge in [0.1, 0.15) is 5.82 Å². The molecule has 144 valence electrons. The molecule has 27 heavy (non-hydrogen) atoms. The average molecular weight is 380 g/mol. The lowest BCUT2D eigenvalue weighted by atomic mass is 10.2. The van der Waals surface area contributed by atoms with Crippen LogP contribution in [0.15, 0.2) is 30.5 Å². The van der Waals surface area contributed by atoms with Gasteiger partial charge in [0.15, 0.2) is 17.5 Å². The summed E-state index contributed by atoms with van der Waals surface area (Å²) in [5.74, 6) is -4.48. The second-order valence-electron chi connectivity index (χ2n) is 5.99. The molecule has 1 aliphatic heterocycles. The lowest BCUT2D eigenvalue weighted by Gasteiger charge is -2.26. The number of carbonyl (C=O) groups is 1. The summed E-state index contributed by atoms with van der Waals surface area (Å²) in [5.41, 5.74) is -0.274. The number of amides is 1. The summed E-state index contributed by atoms with van der Waals surface area (Å²) in [6.45, 7) is 4.81. The fourth-order valence-corrected chi connectivity index (χ4v) is 2.62. The molecule has 0 radical (unpaired) electrons. The summed E-state index contributed by atoms with van der Waals surface area (Å²) < 4.78 is 45.1. The van der Waals surface area contributed by atoms with E-state index in [1.54, 1.807) is 6.07 Å². The van der Waals surface area contributed by atoms with E-state index in [9.17, 15) is 18.0 Å². The maximum atomic E-state index is 13.6. The van der Waals surface area contributed by atoms with Crippen molar-refractivity contribution in [1.82, 2.24) is 9.88 Å². The normalized spacial score (nSPS) is 14.8. The smallest absolute Gasteiger partial charge is 0.257 e. The topological polar surface area (TPSA) is 66.5 Å². The Kier molecular flexibility index (Phi) is 6.25. The fourth-order valence-electron chi connectivity index (χ4n) is 2.62. The van der Waals surface area contributed by atoms with Gasteiger partial charge >= 0.3 is 0 Å². The van der Waals surface area contributed by atoms with Gasteiger partial charge in [0.2, 0.25) is 0 Å². The number of rotatable bonds is 6. The number of ether oxygens (including phenoxy) is 1. The van der Waals surface area contributed by atoms with Crippen molar-refractivity contribution in [2.24, 2.45) is 0 Å². The largest absolute Gasteiger partial charge is 0.379 e. The Morgan fingerprint density at radius 2 is 1.89 bits per heavy atom. The molecular formula is C18H19F3N4O2. The van der Waals surface area contributed by atoms with Crippen molar-refractivity contribution >= 4 is 17.4 Å². The van der Waals surface area contributed by atoms with Crippen LogP contribution in [0.3, 0.4) is 0 Å². The highest BCUT2D eigenvalue weighted by molar-refractivity contribution is 6.04. The van der Waals surface area contributed by atoms with Crippen molar-refractivity contribution in [2.45, 2.75) is 0 Å². The number of nitrogens with one attached hydrogen (secondary N) is 2. The van der Waals surface area contributed by atoms with Crippen LogP contribution in [-0.4, -0.2) is 55.2 Å². The number of nitrogens with zero attached hydrogens (tertiary/aromatic N) is 2. The third-order valence-corrected chi connectivity index (χ3v) is 4.15. The molecule has 3 rings (SSSR count). The van der Waals surface area contributed by atoms with Gasteiger partial charge in [-0.2, -0.15) is 0 Å². The van der Waals surface area contributed by atoms with Crippen LogP contribution in [0, 0.1) is 17.5 Å². The van der Waals surface area contributed by atoms with E-state index in [0.717, 1.165) is 45.0 Å². The standard InChI is InChI=1S/C18H19F3N4O2/c19-13-2-3-14(17(21)16(13)20)24-18(26)12-1-4-15(23-11-12)22-5-6-25-7-9-27-10-8-25/h1-4,11H,5-10H2,(H,22,23)(H,24,26). The fraction of sp³-hybridized carbons (Fsp3) is 0.333. The van der Waals surface area contributed by atoms with E-state index in [-0.39, 0.29) is 5.56 Å². The lowest BCUT2D eigenvalue weighted by molar-refractivity contribution is 0.0398. The zero-order chi connectivity index (χ0) is 19.2. The first kappa shape index (κ1) is 19.1. The zero-order valence-electron chi connectivity index (χ0n) is 14.5. The SMILES string of the molecule is O=C(Nc1ccc(F)c(F)c1F)c1ccc(NCCN2CCOCC2)nc1. The minimum absolute atomic E-state index is 0.165. The van der Waals surface area contributed by atoms with Crippen LogP contribution in [0.1, 0.15) is 10.4 Å². The Morgan fingerprint density at radius 3 is 2.59 bits per heavy atom. The third kappa shape index (κ3) is 4.95. The van der Waals surface area contributed by atoms with E-state index < -0.39 is 29.0 Å². The molecule has 0 unspecified atom stereocenters. The molecule has 9 heteroatoms. The third-order valence-electron chi connectivity index (χ3n) is 4.15. The van der Waals surface area contributed by atoms with Gasteiger partial charge in [-0.1, -0.05) is 0 Å². The summed E-state index contributed by atoms with van der Waals surface area (Å²) in [6, 6.07) is 4.83. The molecule has 1 aromatic heterocycles. The van der Waals surface area contributed by atoms with E-state index in [2.05, 4.69) is 20.5 Å². The number of anilines is 2. The number of benzene rings is 1. The Balaban J connectivity index is 1.53. The number of carbonyl (C=O) groups excluding carboxylic acids is 1. The van der Waals surface area contributed by atoms with Crippen LogP contribution in [0.4, 0.5) is 24.7 Å². The molecular weight excluding hydrogens is 361 g/mol. The monoisotopic (exact) mass is 380 g/mol. The van der Waals surface area contributed by atoms with Crippen LogP contribution in [0.25, 0.3) is 0 Å². The highest BCUT2D eigenvalue weighted by Gasteiger charge is 2.16. The van der Waals surface area contributed by atoms with Crippen molar-refractivity contribution in [3.8, 4) is 0 Å². The first-order valence-electron chi connectivity index (χ1n) is 8.49. The van der Waals surface area contributed by atoms with Crippen molar-refractivity contribution in [2.75, 3.05) is 50.0 Å². The first-order valence-corrected chi connectivity index (χ1v) is 8.49. The van der Waals surface area contributed by atoms with Crippen molar-refractivity contribution in [3.05, 3.63) is 53.5 Å². The maximum Gasteiger partial charge on any atom is 0.257 e. The number of aromatic nitrogens is 1. The predicted octanol–water partition coefficient (Wildman–Crippen LogP) is 2.50. The number of hydrogen-bond donors (Lipinski definition) is 2. The highest BCUT2D eigenvalue weighted by atomic mass is 19.2. The van der Waals surface area contributed by atoms with Crippen LogP contribution in [-0.2, 0) is 4.74 Å². The van der Waals surface area contributed by atoms with Gasteiger partial charge in [-0.15, -0.1) is 0 Å². The average Bonchev–Trinajstić information content (AvgIpc) is 2.70. The van der Waals surface area contributed by atoms with Crippen molar-refractivity contribution in [1.29, 1.82) is 0 Å². The number of hydrogen-bond acceptors (Lipinski definition) is 5. The summed E-state index contributed by atoms with van der Waals surface area (Å²) >= 11 is 0. The molecule has 2 heterocycles. The summed E-state index contributed by atoms with van der Waals surface area (Å²) in [4.78, 5) is 18.5. The number of halogens is 3. The second kappa shape index (κ2) is 8.83. The van der Waals surface area contributed by atoms with Crippen LogP contribution < -0.4 is 10.6 Å². The minimum Gasteiger partial charge on any atom is -0.379 e. The quantitative estimate of drug-likeness (QED) is 0.754. The Labute approximate surface area is 154 Å². The zero-order valence-corrected chi connectivity index (χ0v) is 14.5. The van der Waals surface area contributed by atoms with Gasteiger partial charge in [-0.3, -0.25) is 9.69 Å². The summed E-state index contributed by atoms with van der Waals surface area (Å²) in [6.07, 6.45) is 1.32. The molecule has 1 aliphatic rings. The second-order valence-corrected chi connectivity index (χ2v) is 5.99. The van der Waals surface area contributed by atoms with E-state index >= 15 is 0 Å². The van der Waals surface area contributed by atoms with E-state index in [0.29, 0.717) is 12.4 Å². The predicted molar refractivity (Wildman–Crippen MR) is 94.3 cm³/mol. The highest BCUT2D eigenvalue weighted by Crippen LogP contribution is 2.20. The van der Waals surface area contributed by atoms with Gasteiger partial charge in [-0.05, 0) is 24.3 Å². The molecule has 2 N–H and O–H groups in total. The van der Waals surface area contributed by atoms with Crippen LogP contribution in [0.5, 0.6) is 0 Å². The van der Waals surface area contributed by atoms with Gasteiger partial charge in [0, 0.05) is 32.4 Å². The Hall–Kier alpha value is -2.65. The molecule has 1 fully saturated rings. The van der Waals surface area contributed by atoms with Crippen LogP contribution >= 0.6 is 0 Å². The Morgan fingerprint density at radius 1 is 1.11 bits per heavy atom. The van der Waals surface area contributed by atoms with E-state index in [4.69, 9.17) is 4.74 Å². The molecule has 1 saturated heterocycles. The van der Waals surface area contributed by atoms with Gasteiger partial charge in [0.25, 0.3) is 5.91 Å². The lowest BCUT2D eigenvalue weighted by Crippen LogP contribution is -2.39. The number of pyridine rings is 1. The molecule has 1 aromatic carbocycles. The van der Waals surface area contributed by atoms with Gasteiger partial charge < -0.3 is 15.4 Å². The Bertz CT molecular complexity index is 796. The maximum absolute atomic E-state index is 13.6. The molecule has 2 aromatic rings. The first-order chi connectivity index (χ1) is 13.0. The molecule has 0 spiro atoms. The van der Waals surface area contributed by atoms with Crippen molar-refractivity contribution < 1.29 is 22.7 Å². The molecule has 0 bridgehead atoms. The summed E-state index contributed by atoms with van der Waals surface area (Å²) in [7, 11) is 0. The van der Waals surface area contributed by atoms with E-state index in [1.807, 2.05) is 0 Å². The minimum atomic E-state index is -1.63. The molecule has 0 saturated carbocycles. The van der Waals surface area contributed by atoms with Crippen LogP contribution in [0.2, 0.25) is 0 Å². The van der Waals surface area contributed by atoms with E-state index in [1.165, 1.54) is 12.3 Å².